The van der Waals surface area contributed by atoms with Gasteiger partial charge < -0.3 is 14.6 Å². The number of aryl methyl sites for hydroxylation is 1. The van der Waals surface area contributed by atoms with E-state index in [0.29, 0.717) is 24.1 Å². The number of benzene rings is 2. The third kappa shape index (κ3) is 5.26. The number of amides is 1. The average Bonchev–Trinajstić information content (AvgIpc) is 3.25. The summed E-state index contributed by atoms with van der Waals surface area (Å²) < 4.78 is 10.8. The van der Waals surface area contributed by atoms with Crippen LogP contribution in [0.3, 0.4) is 0 Å². The average molecular weight is 408 g/mol. The van der Waals surface area contributed by atoms with Gasteiger partial charge in [0, 0.05) is 24.0 Å². The molecule has 0 saturated carbocycles. The van der Waals surface area contributed by atoms with E-state index in [1.165, 1.54) is 5.56 Å². The topological polar surface area (TPSA) is 77.3 Å². The number of nitrogens with zero attached hydrogens (tertiary/aromatic N) is 2. The van der Waals surface area contributed by atoms with E-state index >= 15 is 0 Å². The van der Waals surface area contributed by atoms with Gasteiger partial charge in [0.25, 0.3) is 0 Å². The molecule has 0 aliphatic rings. The molecule has 1 amide bonds. The maximum atomic E-state index is 12.5. The van der Waals surface area contributed by atoms with Crippen LogP contribution in [0.1, 0.15) is 62.6 Å². The van der Waals surface area contributed by atoms with E-state index in [4.69, 9.17) is 9.26 Å². The Hall–Kier alpha value is -3.15. The molecule has 2 aromatic carbocycles. The molecule has 1 heterocycles. The molecule has 1 N–H and O–H groups in total. The summed E-state index contributed by atoms with van der Waals surface area (Å²) in [5.41, 5.74) is 3.14. The van der Waals surface area contributed by atoms with E-state index in [1.807, 2.05) is 43.3 Å². The summed E-state index contributed by atoms with van der Waals surface area (Å²) in [5, 5.41) is 7.13. The molecule has 0 aliphatic heterocycles. The van der Waals surface area contributed by atoms with E-state index < -0.39 is 0 Å². The van der Waals surface area contributed by atoms with Crippen LogP contribution in [0.25, 0.3) is 11.4 Å². The third-order valence-corrected chi connectivity index (χ3v) is 5.13. The standard InChI is InChI=1S/C24H29N3O3/c1-5-20(19-8-6-7-9-21(19)29-4)25-22(28)14-15-23-26-24(27-30-23)18-12-10-17(11-13-18)16(2)3/h6-13,16,20H,5,14-15H2,1-4H3,(H,25,28). The Morgan fingerprint density at radius 1 is 1.13 bits per heavy atom. The molecule has 0 saturated heterocycles. The van der Waals surface area contributed by atoms with Crippen LogP contribution in [-0.4, -0.2) is 23.2 Å². The number of ether oxygens (including phenoxy) is 1. The molecule has 6 nitrogen and oxygen atoms in total. The molecule has 3 aromatic rings. The molecule has 0 bridgehead atoms. The molecule has 0 fully saturated rings. The van der Waals surface area contributed by atoms with E-state index in [0.717, 1.165) is 23.3 Å². The van der Waals surface area contributed by atoms with Crippen molar-refractivity contribution in [3.05, 3.63) is 65.5 Å². The second kappa shape index (κ2) is 10.1. The highest BCUT2D eigenvalue weighted by Gasteiger charge is 2.17. The summed E-state index contributed by atoms with van der Waals surface area (Å²) in [6.45, 7) is 6.35. The van der Waals surface area contributed by atoms with Crippen LogP contribution < -0.4 is 10.1 Å². The molecule has 1 unspecified atom stereocenters. The maximum Gasteiger partial charge on any atom is 0.227 e. The van der Waals surface area contributed by atoms with Gasteiger partial charge in [-0.05, 0) is 24.0 Å². The number of carbonyl (C=O) groups is 1. The Labute approximate surface area is 177 Å². The van der Waals surface area contributed by atoms with Crippen molar-refractivity contribution in [1.29, 1.82) is 0 Å². The van der Waals surface area contributed by atoms with Crippen molar-refractivity contribution in [1.82, 2.24) is 15.5 Å². The molecule has 0 spiro atoms. The molecule has 0 radical (unpaired) electrons. The molecule has 30 heavy (non-hydrogen) atoms. The highest BCUT2D eigenvalue weighted by molar-refractivity contribution is 5.76. The van der Waals surface area contributed by atoms with Gasteiger partial charge in [0.05, 0.1) is 13.2 Å². The fourth-order valence-electron chi connectivity index (χ4n) is 3.33. The van der Waals surface area contributed by atoms with Crippen molar-refractivity contribution in [2.75, 3.05) is 7.11 Å². The Balaban J connectivity index is 1.58. The lowest BCUT2D eigenvalue weighted by Crippen LogP contribution is -2.28. The van der Waals surface area contributed by atoms with Gasteiger partial charge in [0.15, 0.2) is 0 Å². The monoisotopic (exact) mass is 407 g/mol. The SMILES string of the molecule is CCC(NC(=O)CCc1nc(-c2ccc(C(C)C)cc2)no1)c1ccccc1OC. The first-order valence-electron chi connectivity index (χ1n) is 10.4. The number of aromatic nitrogens is 2. The van der Waals surface area contributed by atoms with Crippen LogP contribution in [0.4, 0.5) is 0 Å². The summed E-state index contributed by atoms with van der Waals surface area (Å²) >= 11 is 0. The highest BCUT2D eigenvalue weighted by Crippen LogP contribution is 2.27. The number of rotatable bonds is 9. The minimum absolute atomic E-state index is 0.0613. The fourth-order valence-corrected chi connectivity index (χ4v) is 3.33. The minimum atomic E-state index is -0.105. The Kier molecular flexibility index (Phi) is 7.22. The first kappa shape index (κ1) is 21.6. The number of methoxy groups -OCH3 is 1. The van der Waals surface area contributed by atoms with Crippen LogP contribution >= 0.6 is 0 Å². The van der Waals surface area contributed by atoms with Gasteiger partial charge >= 0.3 is 0 Å². The zero-order valence-corrected chi connectivity index (χ0v) is 18.0. The summed E-state index contributed by atoms with van der Waals surface area (Å²) in [6, 6.07) is 15.8. The lowest BCUT2D eigenvalue weighted by atomic mass is 10.0. The van der Waals surface area contributed by atoms with Crippen molar-refractivity contribution in [2.24, 2.45) is 0 Å². The smallest absolute Gasteiger partial charge is 0.227 e. The molecule has 3 rings (SSSR count). The van der Waals surface area contributed by atoms with Crippen molar-refractivity contribution in [3.8, 4) is 17.1 Å². The predicted molar refractivity (Wildman–Crippen MR) is 116 cm³/mol. The van der Waals surface area contributed by atoms with Crippen LogP contribution in [0.5, 0.6) is 5.75 Å². The summed E-state index contributed by atoms with van der Waals surface area (Å²) in [7, 11) is 1.64. The largest absolute Gasteiger partial charge is 0.496 e. The zero-order chi connectivity index (χ0) is 21.5. The first-order valence-corrected chi connectivity index (χ1v) is 10.4. The molecular formula is C24H29N3O3. The Bertz CT molecular complexity index is 964. The third-order valence-electron chi connectivity index (χ3n) is 5.13. The van der Waals surface area contributed by atoms with Crippen molar-refractivity contribution < 1.29 is 14.1 Å². The molecule has 158 valence electrons. The molecule has 0 aliphatic carbocycles. The fraction of sp³-hybridized carbons (Fsp3) is 0.375. The van der Waals surface area contributed by atoms with Gasteiger partial charge in [-0.25, -0.2) is 0 Å². The Morgan fingerprint density at radius 3 is 2.53 bits per heavy atom. The van der Waals surface area contributed by atoms with Gasteiger partial charge in [0.1, 0.15) is 5.75 Å². The van der Waals surface area contributed by atoms with Gasteiger partial charge in [-0.1, -0.05) is 68.4 Å². The molecule has 1 aromatic heterocycles. The van der Waals surface area contributed by atoms with E-state index in [9.17, 15) is 4.79 Å². The van der Waals surface area contributed by atoms with Gasteiger partial charge in [-0.15, -0.1) is 0 Å². The minimum Gasteiger partial charge on any atom is -0.496 e. The van der Waals surface area contributed by atoms with Gasteiger partial charge in [-0.3, -0.25) is 4.79 Å². The van der Waals surface area contributed by atoms with Crippen LogP contribution in [0, 0.1) is 0 Å². The second-order valence-corrected chi connectivity index (χ2v) is 7.56. The molecular weight excluding hydrogens is 378 g/mol. The lowest BCUT2D eigenvalue weighted by Gasteiger charge is -2.19. The van der Waals surface area contributed by atoms with E-state index in [-0.39, 0.29) is 18.4 Å². The number of hydrogen-bond acceptors (Lipinski definition) is 5. The maximum absolute atomic E-state index is 12.5. The predicted octanol–water partition coefficient (Wildman–Crippen LogP) is 5.07. The first-order chi connectivity index (χ1) is 14.5. The molecule has 1 atom stereocenters. The quantitative estimate of drug-likeness (QED) is 0.536. The van der Waals surface area contributed by atoms with Crippen molar-refractivity contribution >= 4 is 5.91 Å². The van der Waals surface area contributed by atoms with E-state index in [2.05, 4.69) is 41.4 Å². The Morgan fingerprint density at radius 2 is 1.87 bits per heavy atom. The number of para-hydroxylation sites is 1. The summed E-state index contributed by atoms with van der Waals surface area (Å²) in [4.78, 5) is 16.9. The zero-order valence-electron chi connectivity index (χ0n) is 18.0. The number of hydrogen-bond donors (Lipinski definition) is 1. The summed E-state index contributed by atoms with van der Waals surface area (Å²) in [5.74, 6) is 2.18. The molecule has 6 heteroatoms. The highest BCUT2D eigenvalue weighted by atomic mass is 16.5. The number of carbonyl (C=O) groups excluding carboxylic acids is 1. The second-order valence-electron chi connectivity index (χ2n) is 7.56. The lowest BCUT2D eigenvalue weighted by molar-refractivity contribution is -0.121. The number of nitrogens with one attached hydrogen (secondary N) is 1. The van der Waals surface area contributed by atoms with Crippen molar-refractivity contribution in [3.63, 3.8) is 0 Å². The normalized spacial score (nSPS) is 12.0. The van der Waals surface area contributed by atoms with Crippen LogP contribution in [0.2, 0.25) is 0 Å². The van der Waals surface area contributed by atoms with Crippen molar-refractivity contribution in [2.45, 2.75) is 52.0 Å². The van der Waals surface area contributed by atoms with Gasteiger partial charge in [-0.2, -0.15) is 4.98 Å². The summed E-state index contributed by atoms with van der Waals surface area (Å²) in [6.07, 6.45) is 1.44. The van der Waals surface area contributed by atoms with Crippen LogP contribution in [-0.2, 0) is 11.2 Å². The van der Waals surface area contributed by atoms with Crippen LogP contribution in [0.15, 0.2) is 53.1 Å². The van der Waals surface area contributed by atoms with Gasteiger partial charge in [0.2, 0.25) is 17.6 Å². The van der Waals surface area contributed by atoms with E-state index in [1.54, 1.807) is 7.11 Å².